The SMILES string of the molecule is CCC(CC)=NNC(=O)c1sc(-c2ccc(OC)cc2)cc1N. The number of nitrogens with one attached hydrogen (secondary N) is 1. The number of carbonyl (C=O) groups is 1. The van der Waals surface area contributed by atoms with Crippen LogP contribution in [0.15, 0.2) is 35.4 Å². The number of nitrogens with two attached hydrogens (primary N) is 1. The van der Waals surface area contributed by atoms with E-state index in [1.807, 2.05) is 44.2 Å². The fourth-order valence-electron chi connectivity index (χ4n) is 2.07. The molecule has 0 saturated heterocycles. The number of rotatable bonds is 6. The second-order valence-corrected chi connectivity index (χ2v) is 6.00. The van der Waals surface area contributed by atoms with Crippen LogP contribution in [-0.4, -0.2) is 18.7 Å². The summed E-state index contributed by atoms with van der Waals surface area (Å²) in [5, 5.41) is 4.13. The standard InChI is InChI=1S/C17H21N3O2S/c1-4-12(5-2)19-20-17(21)16-14(18)10-15(23-16)11-6-8-13(22-3)9-7-11/h6-10H,4-5,18H2,1-3H3,(H,20,21). The molecule has 1 aromatic carbocycles. The smallest absolute Gasteiger partial charge is 0.283 e. The Morgan fingerprint density at radius 3 is 2.48 bits per heavy atom. The number of thiophene rings is 1. The third-order valence-electron chi connectivity index (χ3n) is 3.47. The van der Waals surface area contributed by atoms with Crippen molar-refractivity contribution in [2.24, 2.45) is 5.10 Å². The van der Waals surface area contributed by atoms with Crippen molar-refractivity contribution >= 4 is 28.6 Å². The van der Waals surface area contributed by atoms with Gasteiger partial charge >= 0.3 is 0 Å². The van der Waals surface area contributed by atoms with E-state index in [4.69, 9.17) is 10.5 Å². The van der Waals surface area contributed by atoms with E-state index in [1.165, 1.54) is 11.3 Å². The Morgan fingerprint density at radius 2 is 1.91 bits per heavy atom. The number of methoxy groups -OCH3 is 1. The van der Waals surface area contributed by atoms with E-state index in [1.54, 1.807) is 7.11 Å². The van der Waals surface area contributed by atoms with E-state index in [2.05, 4.69) is 10.5 Å². The summed E-state index contributed by atoms with van der Waals surface area (Å²) < 4.78 is 5.15. The van der Waals surface area contributed by atoms with Crippen LogP contribution in [0.4, 0.5) is 5.69 Å². The summed E-state index contributed by atoms with van der Waals surface area (Å²) in [6.45, 7) is 4.02. The van der Waals surface area contributed by atoms with Gasteiger partial charge in [-0.3, -0.25) is 4.79 Å². The van der Waals surface area contributed by atoms with Gasteiger partial charge in [-0.1, -0.05) is 13.8 Å². The number of anilines is 1. The van der Waals surface area contributed by atoms with E-state index in [-0.39, 0.29) is 5.91 Å². The molecule has 23 heavy (non-hydrogen) atoms. The predicted octanol–water partition coefficient (Wildman–Crippen LogP) is 3.91. The van der Waals surface area contributed by atoms with Crippen molar-refractivity contribution < 1.29 is 9.53 Å². The Morgan fingerprint density at radius 1 is 1.26 bits per heavy atom. The fraction of sp³-hybridized carbons (Fsp3) is 0.294. The van der Waals surface area contributed by atoms with Crippen LogP contribution in [0.3, 0.4) is 0 Å². The van der Waals surface area contributed by atoms with Crippen LogP contribution < -0.4 is 15.9 Å². The normalized spacial score (nSPS) is 10.2. The van der Waals surface area contributed by atoms with Crippen LogP contribution in [0.25, 0.3) is 10.4 Å². The molecule has 1 heterocycles. The summed E-state index contributed by atoms with van der Waals surface area (Å²) in [6, 6.07) is 9.45. The molecule has 122 valence electrons. The van der Waals surface area contributed by atoms with Crippen LogP contribution in [0.1, 0.15) is 36.4 Å². The second kappa shape index (κ2) is 7.78. The van der Waals surface area contributed by atoms with Gasteiger partial charge in [0, 0.05) is 10.6 Å². The first kappa shape index (κ1) is 17.0. The van der Waals surface area contributed by atoms with Crippen molar-refractivity contribution in [3.8, 4) is 16.2 Å². The molecule has 0 fully saturated rings. The van der Waals surface area contributed by atoms with Gasteiger partial charge in [-0.2, -0.15) is 5.10 Å². The lowest BCUT2D eigenvalue weighted by Crippen LogP contribution is -2.19. The van der Waals surface area contributed by atoms with E-state index in [0.29, 0.717) is 10.6 Å². The molecule has 1 amide bonds. The molecule has 0 spiro atoms. The fourth-order valence-corrected chi connectivity index (χ4v) is 3.04. The van der Waals surface area contributed by atoms with Gasteiger partial charge in [-0.15, -0.1) is 11.3 Å². The number of ether oxygens (including phenoxy) is 1. The second-order valence-electron chi connectivity index (χ2n) is 4.95. The first-order chi connectivity index (χ1) is 11.1. The number of nitrogens with zero attached hydrogens (tertiary/aromatic N) is 1. The van der Waals surface area contributed by atoms with Crippen LogP contribution in [-0.2, 0) is 0 Å². The maximum atomic E-state index is 12.2. The number of nitrogen functional groups attached to an aromatic ring is 1. The van der Waals surface area contributed by atoms with Gasteiger partial charge in [-0.05, 0) is 48.7 Å². The van der Waals surface area contributed by atoms with Crippen molar-refractivity contribution in [3.05, 3.63) is 35.2 Å². The van der Waals surface area contributed by atoms with Gasteiger partial charge < -0.3 is 10.5 Å². The molecule has 0 atom stereocenters. The first-order valence-corrected chi connectivity index (χ1v) is 8.30. The molecular weight excluding hydrogens is 310 g/mol. The highest BCUT2D eigenvalue weighted by Crippen LogP contribution is 2.33. The average molecular weight is 331 g/mol. The molecule has 0 saturated carbocycles. The monoisotopic (exact) mass is 331 g/mol. The highest BCUT2D eigenvalue weighted by atomic mass is 32.1. The van der Waals surface area contributed by atoms with Gasteiger partial charge in [0.2, 0.25) is 0 Å². The Hall–Kier alpha value is -2.34. The highest BCUT2D eigenvalue weighted by molar-refractivity contribution is 7.18. The molecule has 0 aliphatic rings. The van der Waals surface area contributed by atoms with Crippen LogP contribution in [0.5, 0.6) is 5.75 Å². The largest absolute Gasteiger partial charge is 0.497 e. The minimum absolute atomic E-state index is 0.272. The van der Waals surface area contributed by atoms with Gasteiger partial charge in [-0.25, -0.2) is 5.43 Å². The summed E-state index contributed by atoms with van der Waals surface area (Å²) in [5.74, 6) is 0.518. The maximum absolute atomic E-state index is 12.2. The molecule has 0 aliphatic carbocycles. The number of carbonyl (C=O) groups excluding carboxylic acids is 1. The predicted molar refractivity (Wildman–Crippen MR) is 96.2 cm³/mol. The van der Waals surface area contributed by atoms with Crippen molar-refractivity contribution in [1.29, 1.82) is 0 Å². The van der Waals surface area contributed by atoms with Crippen molar-refractivity contribution in [1.82, 2.24) is 5.43 Å². The zero-order valence-corrected chi connectivity index (χ0v) is 14.4. The molecule has 2 aromatic rings. The average Bonchev–Trinajstić information content (AvgIpc) is 2.97. The molecule has 0 radical (unpaired) electrons. The minimum atomic E-state index is -0.272. The quantitative estimate of drug-likeness (QED) is 0.622. The molecule has 2 rings (SSSR count). The molecule has 3 N–H and O–H groups in total. The highest BCUT2D eigenvalue weighted by Gasteiger charge is 2.15. The van der Waals surface area contributed by atoms with Gasteiger partial charge in [0.05, 0.1) is 12.8 Å². The summed E-state index contributed by atoms with van der Waals surface area (Å²) >= 11 is 1.35. The van der Waals surface area contributed by atoms with Crippen molar-refractivity contribution in [3.63, 3.8) is 0 Å². The minimum Gasteiger partial charge on any atom is -0.497 e. The summed E-state index contributed by atoms with van der Waals surface area (Å²) in [7, 11) is 1.63. The lowest BCUT2D eigenvalue weighted by Gasteiger charge is -2.02. The lowest BCUT2D eigenvalue weighted by molar-refractivity contribution is 0.0959. The molecule has 0 unspecified atom stereocenters. The Balaban J connectivity index is 2.20. The van der Waals surface area contributed by atoms with Gasteiger partial charge in [0.25, 0.3) is 5.91 Å². The Labute approximate surface area is 140 Å². The first-order valence-electron chi connectivity index (χ1n) is 7.48. The summed E-state index contributed by atoms with van der Waals surface area (Å²) in [4.78, 5) is 13.7. The van der Waals surface area contributed by atoms with Gasteiger partial charge in [0.1, 0.15) is 10.6 Å². The Bertz CT molecular complexity index is 699. The number of hydrazone groups is 1. The molecule has 6 heteroatoms. The number of benzene rings is 1. The van der Waals surface area contributed by atoms with E-state index < -0.39 is 0 Å². The number of hydrogen-bond acceptors (Lipinski definition) is 5. The molecular formula is C17H21N3O2S. The summed E-state index contributed by atoms with van der Waals surface area (Å²) in [6.07, 6.45) is 1.63. The molecule has 0 bridgehead atoms. The molecule has 1 aromatic heterocycles. The zero-order valence-electron chi connectivity index (χ0n) is 13.6. The molecule has 5 nitrogen and oxygen atoms in total. The van der Waals surface area contributed by atoms with Crippen LogP contribution >= 0.6 is 11.3 Å². The van der Waals surface area contributed by atoms with E-state index >= 15 is 0 Å². The summed E-state index contributed by atoms with van der Waals surface area (Å²) in [5.41, 5.74) is 11.0. The third-order valence-corrected chi connectivity index (χ3v) is 4.67. The topological polar surface area (TPSA) is 76.7 Å². The maximum Gasteiger partial charge on any atom is 0.283 e. The van der Waals surface area contributed by atoms with E-state index in [9.17, 15) is 4.79 Å². The van der Waals surface area contributed by atoms with Crippen LogP contribution in [0.2, 0.25) is 0 Å². The van der Waals surface area contributed by atoms with Gasteiger partial charge in [0.15, 0.2) is 0 Å². The Kier molecular flexibility index (Phi) is 5.76. The van der Waals surface area contributed by atoms with E-state index in [0.717, 1.165) is 34.7 Å². The van der Waals surface area contributed by atoms with Crippen LogP contribution in [0, 0.1) is 0 Å². The van der Waals surface area contributed by atoms with Crippen molar-refractivity contribution in [2.75, 3.05) is 12.8 Å². The zero-order chi connectivity index (χ0) is 16.8. The number of amides is 1. The molecule has 0 aliphatic heterocycles. The third kappa shape index (κ3) is 4.10. The van der Waals surface area contributed by atoms with Crippen molar-refractivity contribution in [2.45, 2.75) is 26.7 Å². The number of hydrogen-bond donors (Lipinski definition) is 2. The lowest BCUT2D eigenvalue weighted by atomic mass is 10.2.